The van der Waals surface area contributed by atoms with E-state index in [0.29, 0.717) is 11.3 Å². The van der Waals surface area contributed by atoms with Gasteiger partial charge in [0.15, 0.2) is 0 Å². The quantitative estimate of drug-likeness (QED) is 0.683. The molecule has 3 rings (SSSR count). The Kier molecular flexibility index (Phi) is 4.31. The van der Waals surface area contributed by atoms with E-state index in [1.165, 1.54) is 16.5 Å². The van der Waals surface area contributed by atoms with Crippen molar-refractivity contribution < 1.29 is 13.9 Å². The van der Waals surface area contributed by atoms with E-state index in [-0.39, 0.29) is 22.8 Å². The van der Waals surface area contributed by atoms with E-state index < -0.39 is 11.8 Å². The third-order valence-electron chi connectivity index (χ3n) is 3.44. The summed E-state index contributed by atoms with van der Waals surface area (Å²) in [5, 5.41) is -0.0395. The Bertz CT molecular complexity index is 1000. The minimum Gasteiger partial charge on any atom is -0.456 e. The Hall–Kier alpha value is -2.73. The topological polar surface area (TPSA) is 60.7 Å². The number of halogens is 2. The van der Waals surface area contributed by atoms with E-state index in [0.717, 1.165) is 17.7 Å². The van der Waals surface area contributed by atoms with Crippen molar-refractivity contribution in [1.82, 2.24) is 9.38 Å². The highest BCUT2D eigenvalue weighted by Gasteiger charge is 2.14. The van der Waals surface area contributed by atoms with E-state index in [1.54, 1.807) is 12.3 Å². The van der Waals surface area contributed by atoms with Crippen LogP contribution in [0.5, 0.6) is 0 Å². The van der Waals surface area contributed by atoms with Crippen LogP contribution in [0.3, 0.4) is 0 Å². The first-order chi connectivity index (χ1) is 11.5. The third kappa shape index (κ3) is 3.14. The van der Waals surface area contributed by atoms with Crippen LogP contribution in [0.1, 0.15) is 21.6 Å². The van der Waals surface area contributed by atoms with Crippen LogP contribution in [0, 0.1) is 12.7 Å². The number of benzene rings is 1. The summed E-state index contributed by atoms with van der Waals surface area (Å²) < 4.78 is 19.5. The number of aryl methyl sites for hydroxylation is 1. The Morgan fingerprint density at radius 3 is 2.88 bits per heavy atom. The Labute approximate surface area is 141 Å². The molecule has 0 aliphatic heterocycles. The van der Waals surface area contributed by atoms with Gasteiger partial charge in [-0.25, -0.2) is 14.2 Å². The first-order valence-corrected chi connectivity index (χ1v) is 7.43. The van der Waals surface area contributed by atoms with Gasteiger partial charge in [-0.2, -0.15) is 0 Å². The number of esters is 1. The number of fused-ring (bicyclic) bond motifs is 1. The standard InChI is InChI=1S/C17H12ClFN2O3/c1-10-3-2-6-21-15(22)8-12(20-16(10)21)9-24-17(23)13-5-4-11(19)7-14(13)18/h2-8H,9H2,1H3. The lowest BCUT2D eigenvalue weighted by Crippen LogP contribution is -2.17. The van der Waals surface area contributed by atoms with Gasteiger partial charge in [0.25, 0.3) is 5.56 Å². The summed E-state index contributed by atoms with van der Waals surface area (Å²) in [7, 11) is 0. The van der Waals surface area contributed by atoms with E-state index in [4.69, 9.17) is 16.3 Å². The fraction of sp³-hybridized carbons (Fsp3) is 0.118. The number of aromatic nitrogens is 2. The summed E-state index contributed by atoms with van der Waals surface area (Å²) in [6.45, 7) is 1.64. The molecule has 0 atom stereocenters. The number of nitrogens with zero attached hydrogens (tertiary/aromatic N) is 2. The van der Waals surface area contributed by atoms with Crippen molar-refractivity contribution in [3.8, 4) is 0 Å². The summed E-state index contributed by atoms with van der Waals surface area (Å²) in [6.07, 6.45) is 1.62. The van der Waals surface area contributed by atoms with Crippen molar-refractivity contribution in [2.45, 2.75) is 13.5 Å². The van der Waals surface area contributed by atoms with Crippen LogP contribution in [-0.2, 0) is 11.3 Å². The molecule has 1 aromatic carbocycles. The average Bonchev–Trinajstić information content (AvgIpc) is 2.53. The third-order valence-corrected chi connectivity index (χ3v) is 3.75. The molecule has 2 heterocycles. The summed E-state index contributed by atoms with van der Waals surface area (Å²) in [4.78, 5) is 28.4. The van der Waals surface area contributed by atoms with Crippen LogP contribution < -0.4 is 5.56 Å². The van der Waals surface area contributed by atoms with Crippen molar-refractivity contribution in [3.63, 3.8) is 0 Å². The SMILES string of the molecule is Cc1cccn2c(=O)cc(COC(=O)c3ccc(F)cc3Cl)nc12. The molecular formula is C17H12ClFN2O3. The molecule has 0 fully saturated rings. The molecule has 0 amide bonds. The highest BCUT2D eigenvalue weighted by Crippen LogP contribution is 2.18. The first kappa shape index (κ1) is 16.1. The molecule has 7 heteroatoms. The number of ether oxygens (including phenoxy) is 1. The van der Waals surface area contributed by atoms with E-state index in [2.05, 4.69) is 4.98 Å². The zero-order valence-electron chi connectivity index (χ0n) is 12.6. The van der Waals surface area contributed by atoms with Crippen LogP contribution in [-0.4, -0.2) is 15.4 Å². The molecule has 0 radical (unpaired) electrons. The van der Waals surface area contributed by atoms with Crippen LogP contribution >= 0.6 is 11.6 Å². The molecule has 122 valence electrons. The summed E-state index contributed by atoms with van der Waals surface area (Å²) >= 11 is 5.82. The van der Waals surface area contributed by atoms with Gasteiger partial charge in [0, 0.05) is 12.3 Å². The monoisotopic (exact) mass is 346 g/mol. The molecular weight excluding hydrogens is 335 g/mol. The van der Waals surface area contributed by atoms with Gasteiger partial charge in [-0.15, -0.1) is 0 Å². The fourth-order valence-corrected chi connectivity index (χ4v) is 2.50. The molecule has 24 heavy (non-hydrogen) atoms. The zero-order chi connectivity index (χ0) is 17.3. The Morgan fingerprint density at radius 1 is 1.33 bits per heavy atom. The molecule has 0 saturated heterocycles. The molecule has 5 nitrogen and oxygen atoms in total. The van der Waals surface area contributed by atoms with Gasteiger partial charge in [-0.1, -0.05) is 17.7 Å². The van der Waals surface area contributed by atoms with Crippen molar-refractivity contribution in [1.29, 1.82) is 0 Å². The molecule has 0 spiro atoms. The number of hydrogen-bond donors (Lipinski definition) is 0. The lowest BCUT2D eigenvalue weighted by molar-refractivity contribution is 0.0468. The molecule has 0 saturated carbocycles. The van der Waals surface area contributed by atoms with Crippen LogP contribution in [0.4, 0.5) is 4.39 Å². The van der Waals surface area contributed by atoms with E-state index in [1.807, 2.05) is 13.0 Å². The summed E-state index contributed by atoms with van der Waals surface area (Å²) in [5.41, 5.74) is 1.42. The van der Waals surface area contributed by atoms with Gasteiger partial charge in [-0.3, -0.25) is 9.20 Å². The van der Waals surface area contributed by atoms with Crippen LogP contribution in [0.15, 0.2) is 47.4 Å². The Balaban J connectivity index is 1.84. The maximum atomic E-state index is 13.0. The van der Waals surface area contributed by atoms with Crippen LogP contribution in [0.25, 0.3) is 5.65 Å². The smallest absolute Gasteiger partial charge is 0.340 e. The number of pyridine rings is 1. The summed E-state index contributed by atoms with van der Waals surface area (Å²) in [5.74, 6) is -1.26. The molecule has 3 aromatic rings. The highest BCUT2D eigenvalue weighted by atomic mass is 35.5. The molecule has 0 aliphatic carbocycles. The molecule has 0 N–H and O–H groups in total. The second-order valence-corrected chi connectivity index (χ2v) is 5.58. The van der Waals surface area contributed by atoms with Crippen molar-refractivity contribution in [2.24, 2.45) is 0 Å². The normalized spacial score (nSPS) is 10.8. The van der Waals surface area contributed by atoms with Crippen molar-refractivity contribution in [3.05, 3.63) is 80.6 Å². The van der Waals surface area contributed by atoms with E-state index in [9.17, 15) is 14.0 Å². The zero-order valence-corrected chi connectivity index (χ0v) is 13.4. The number of hydrogen-bond acceptors (Lipinski definition) is 4. The van der Waals surface area contributed by atoms with Crippen molar-refractivity contribution in [2.75, 3.05) is 0 Å². The molecule has 0 aliphatic rings. The largest absolute Gasteiger partial charge is 0.456 e. The minimum absolute atomic E-state index is 0.0395. The van der Waals surface area contributed by atoms with Gasteiger partial charge in [-0.05, 0) is 36.8 Å². The maximum Gasteiger partial charge on any atom is 0.340 e. The number of rotatable bonds is 3. The lowest BCUT2D eigenvalue weighted by atomic mass is 10.2. The average molecular weight is 347 g/mol. The molecule has 0 bridgehead atoms. The Morgan fingerprint density at radius 2 is 2.12 bits per heavy atom. The molecule has 2 aromatic heterocycles. The van der Waals surface area contributed by atoms with Gasteiger partial charge >= 0.3 is 5.97 Å². The predicted octanol–water partition coefficient (Wildman–Crippen LogP) is 3.15. The van der Waals surface area contributed by atoms with Gasteiger partial charge in [0.2, 0.25) is 0 Å². The second kappa shape index (κ2) is 6.41. The number of carbonyl (C=O) groups excluding carboxylic acids is 1. The fourth-order valence-electron chi connectivity index (χ4n) is 2.26. The highest BCUT2D eigenvalue weighted by molar-refractivity contribution is 6.33. The van der Waals surface area contributed by atoms with Crippen LogP contribution in [0.2, 0.25) is 5.02 Å². The van der Waals surface area contributed by atoms with E-state index >= 15 is 0 Å². The summed E-state index contributed by atoms with van der Waals surface area (Å²) in [6, 6.07) is 8.27. The molecule has 0 unspecified atom stereocenters. The maximum absolute atomic E-state index is 13.0. The first-order valence-electron chi connectivity index (χ1n) is 7.06. The van der Waals surface area contributed by atoms with Gasteiger partial charge in [0.1, 0.15) is 18.1 Å². The van der Waals surface area contributed by atoms with Crippen molar-refractivity contribution >= 4 is 23.2 Å². The lowest BCUT2D eigenvalue weighted by Gasteiger charge is -2.08. The minimum atomic E-state index is -0.716. The van der Waals surface area contributed by atoms with Gasteiger partial charge in [0.05, 0.1) is 16.3 Å². The van der Waals surface area contributed by atoms with Gasteiger partial charge < -0.3 is 4.74 Å². The second-order valence-electron chi connectivity index (χ2n) is 5.17. The predicted molar refractivity (Wildman–Crippen MR) is 86.7 cm³/mol. The number of carbonyl (C=O) groups is 1.